The van der Waals surface area contributed by atoms with Crippen LogP contribution in [0.4, 0.5) is 8.78 Å². The van der Waals surface area contributed by atoms with Gasteiger partial charge in [-0.05, 0) is 12.1 Å². The van der Waals surface area contributed by atoms with E-state index in [9.17, 15) is 22.0 Å². The van der Waals surface area contributed by atoms with E-state index in [0.717, 1.165) is 4.31 Å². The summed E-state index contributed by atoms with van der Waals surface area (Å²) in [6.45, 7) is 0.703. The molecule has 4 rings (SSSR count). The Morgan fingerprint density at radius 3 is 2.60 bits per heavy atom. The predicted molar refractivity (Wildman–Crippen MR) is 100 cm³/mol. The molecule has 1 amide bonds. The number of benzene rings is 1. The maximum absolute atomic E-state index is 14.1. The van der Waals surface area contributed by atoms with Crippen molar-refractivity contribution in [1.82, 2.24) is 24.2 Å². The lowest BCUT2D eigenvalue weighted by atomic mass is 10.2. The first-order valence-electron chi connectivity index (χ1n) is 9.48. The van der Waals surface area contributed by atoms with Gasteiger partial charge in [-0.25, -0.2) is 17.2 Å². The van der Waals surface area contributed by atoms with E-state index >= 15 is 0 Å². The Labute approximate surface area is 172 Å². The third-order valence-corrected chi connectivity index (χ3v) is 7.04. The fraction of sp³-hybridized carbons (Fsp3) is 0.500. The fourth-order valence-corrected chi connectivity index (χ4v) is 5.33. The zero-order valence-electron chi connectivity index (χ0n) is 16.0. The number of morpholine rings is 1. The van der Waals surface area contributed by atoms with Crippen LogP contribution >= 0.6 is 0 Å². The average molecular weight is 441 g/mol. The molecular formula is C18H21F2N5O4S. The molecule has 0 unspecified atom stereocenters. The molecule has 30 heavy (non-hydrogen) atoms. The van der Waals surface area contributed by atoms with Crippen LogP contribution in [0.3, 0.4) is 0 Å². The Balaban J connectivity index is 1.53. The Kier molecular flexibility index (Phi) is 5.55. The highest BCUT2D eigenvalue weighted by Crippen LogP contribution is 2.36. The van der Waals surface area contributed by atoms with Gasteiger partial charge in [-0.1, -0.05) is 23.4 Å². The number of carbonyl (C=O) groups is 1. The molecule has 2 aromatic rings. The zero-order valence-corrected chi connectivity index (χ0v) is 16.8. The monoisotopic (exact) mass is 441 g/mol. The number of sulfonamides is 1. The van der Waals surface area contributed by atoms with Gasteiger partial charge in [-0.3, -0.25) is 9.48 Å². The van der Waals surface area contributed by atoms with E-state index in [1.54, 1.807) is 11.0 Å². The molecule has 12 heteroatoms. The summed E-state index contributed by atoms with van der Waals surface area (Å²) in [6.07, 6.45) is 0.729. The van der Waals surface area contributed by atoms with Crippen LogP contribution in [-0.4, -0.2) is 83.3 Å². The number of amides is 1. The van der Waals surface area contributed by atoms with Crippen molar-refractivity contribution in [3.63, 3.8) is 0 Å². The zero-order chi connectivity index (χ0) is 21.4. The fourth-order valence-electron chi connectivity index (χ4n) is 3.66. The van der Waals surface area contributed by atoms with E-state index in [4.69, 9.17) is 4.74 Å². The van der Waals surface area contributed by atoms with Crippen LogP contribution < -0.4 is 0 Å². The van der Waals surface area contributed by atoms with Crippen LogP contribution in [0.1, 0.15) is 16.9 Å². The molecule has 2 aliphatic heterocycles. The standard InChI is InChI=1S/C18H21F2N5O4S/c19-18(20)10-14(25(13-18)30(27,28)15-4-2-1-3-5-15)11-24-12-16(21-22-24)17(26)23-6-8-29-9-7-23/h1-5,12,14H,6-11,13H2/t14-/m0/s1. The number of aromatic nitrogens is 3. The van der Waals surface area contributed by atoms with Crippen molar-refractivity contribution in [2.75, 3.05) is 32.8 Å². The van der Waals surface area contributed by atoms with E-state index in [1.165, 1.54) is 35.1 Å². The lowest BCUT2D eigenvalue weighted by Gasteiger charge is -2.25. The first kappa shape index (κ1) is 20.8. The second-order valence-corrected chi connectivity index (χ2v) is 9.20. The van der Waals surface area contributed by atoms with Gasteiger partial charge in [0.1, 0.15) is 0 Å². The highest BCUT2D eigenvalue weighted by Gasteiger charge is 2.50. The minimum Gasteiger partial charge on any atom is -0.378 e. The second-order valence-electron chi connectivity index (χ2n) is 7.31. The molecule has 2 fully saturated rings. The van der Waals surface area contributed by atoms with Crippen molar-refractivity contribution in [3.05, 3.63) is 42.2 Å². The minimum atomic E-state index is -4.10. The molecule has 1 atom stereocenters. The molecule has 0 N–H and O–H groups in total. The summed E-state index contributed by atoms with van der Waals surface area (Å²) in [4.78, 5) is 14.0. The van der Waals surface area contributed by atoms with Gasteiger partial charge in [0.2, 0.25) is 10.0 Å². The lowest BCUT2D eigenvalue weighted by Crippen LogP contribution is -2.40. The summed E-state index contributed by atoms with van der Waals surface area (Å²) >= 11 is 0. The molecule has 1 aromatic heterocycles. The number of hydrogen-bond donors (Lipinski definition) is 0. The van der Waals surface area contributed by atoms with Crippen molar-refractivity contribution in [1.29, 1.82) is 0 Å². The summed E-state index contributed by atoms with van der Waals surface area (Å²) in [5.74, 6) is -3.48. The second kappa shape index (κ2) is 8.00. The van der Waals surface area contributed by atoms with E-state index in [-0.39, 0.29) is 23.0 Å². The smallest absolute Gasteiger partial charge is 0.276 e. The summed E-state index contributed by atoms with van der Waals surface area (Å²) in [5, 5.41) is 7.69. The van der Waals surface area contributed by atoms with Crippen molar-refractivity contribution < 1.29 is 26.7 Å². The van der Waals surface area contributed by atoms with Gasteiger partial charge < -0.3 is 9.64 Å². The number of halogens is 2. The highest BCUT2D eigenvalue weighted by molar-refractivity contribution is 7.89. The van der Waals surface area contributed by atoms with Gasteiger partial charge in [0.15, 0.2) is 5.69 Å². The number of carbonyl (C=O) groups excluding carboxylic acids is 1. The number of nitrogens with zero attached hydrogens (tertiary/aromatic N) is 5. The summed E-state index contributed by atoms with van der Waals surface area (Å²) in [7, 11) is -4.10. The Hall–Kier alpha value is -2.44. The molecule has 0 aliphatic carbocycles. The first-order chi connectivity index (χ1) is 14.3. The number of hydrogen-bond acceptors (Lipinski definition) is 6. The summed E-state index contributed by atoms with van der Waals surface area (Å²) in [5.41, 5.74) is 0.0825. The number of ether oxygens (including phenoxy) is 1. The molecule has 0 spiro atoms. The SMILES string of the molecule is O=C(c1cn(C[C@@H]2CC(F)(F)CN2S(=O)(=O)c2ccccc2)nn1)N1CCOCC1. The van der Waals surface area contributed by atoms with E-state index in [0.29, 0.717) is 26.3 Å². The molecule has 2 aliphatic rings. The Morgan fingerprint density at radius 2 is 1.90 bits per heavy atom. The molecular weight excluding hydrogens is 420 g/mol. The maximum atomic E-state index is 14.1. The normalized spacial score (nSPS) is 22.3. The van der Waals surface area contributed by atoms with Crippen LogP contribution in [0.2, 0.25) is 0 Å². The average Bonchev–Trinajstić information content (AvgIpc) is 3.33. The van der Waals surface area contributed by atoms with Gasteiger partial charge >= 0.3 is 0 Å². The van der Waals surface area contributed by atoms with E-state index < -0.39 is 35.0 Å². The largest absolute Gasteiger partial charge is 0.378 e. The first-order valence-corrected chi connectivity index (χ1v) is 10.9. The van der Waals surface area contributed by atoms with Gasteiger partial charge in [-0.15, -0.1) is 5.10 Å². The third kappa shape index (κ3) is 4.20. The van der Waals surface area contributed by atoms with Crippen molar-refractivity contribution in [3.8, 4) is 0 Å². The van der Waals surface area contributed by atoms with Crippen LogP contribution in [0.5, 0.6) is 0 Å². The van der Waals surface area contributed by atoms with Crippen LogP contribution in [0.25, 0.3) is 0 Å². The quantitative estimate of drug-likeness (QED) is 0.683. The number of alkyl halides is 2. The van der Waals surface area contributed by atoms with E-state index in [1.807, 2.05) is 0 Å². The third-order valence-electron chi connectivity index (χ3n) is 5.13. The summed E-state index contributed by atoms with van der Waals surface area (Å²) < 4.78 is 61.4. The molecule has 0 bridgehead atoms. The molecule has 162 valence electrons. The van der Waals surface area contributed by atoms with Crippen LogP contribution in [0, 0.1) is 0 Å². The highest BCUT2D eigenvalue weighted by atomic mass is 32.2. The van der Waals surface area contributed by atoms with Gasteiger partial charge in [0.05, 0.1) is 43.4 Å². The molecule has 3 heterocycles. The van der Waals surface area contributed by atoms with E-state index in [2.05, 4.69) is 10.3 Å². The molecule has 2 saturated heterocycles. The summed E-state index contributed by atoms with van der Waals surface area (Å²) in [6, 6.07) is 6.46. The van der Waals surface area contributed by atoms with Crippen LogP contribution in [0.15, 0.2) is 41.4 Å². The van der Waals surface area contributed by atoms with Crippen molar-refractivity contribution in [2.45, 2.75) is 29.8 Å². The molecule has 0 saturated carbocycles. The van der Waals surface area contributed by atoms with Gasteiger partial charge in [0, 0.05) is 19.5 Å². The topological polar surface area (TPSA) is 97.6 Å². The van der Waals surface area contributed by atoms with Crippen molar-refractivity contribution >= 4 is 15.9 Å². The van der Waals surface area contributed by atoms with Gasteiger partial charge in [-0.2, -0.15) is 4.31 Å². The Bertz CT molecular complexity index is 1010. The van der Waals surface area contributed by atoms with Crippen LogP contribution in [-0.2, 0) is 21.3 Å². The lowest BCUT2D eigenvalue weighted by molar-refractivity contribution is 0.0168. The maximum Gasteiger partial charge on any atom is 0.276 e. The van der Waals surface area contributed by atoms with Gasteiger partial charge in [0.25, 0.3) is 11.8 Å². The van der Waals surface area contributed by atoms with Crippen molar-refractivity contribution in [2.24, 2.45) is 0 Å². The molecule has 9 nitrogen and oxygen atoms in total. The predicted octanol–water partition coefficient (Wildman–Crippen LogP) is 0.849. The molecule has 0 radical (unpaired) electrons. The number of rotatable bonds is 5. The Morgan fingerprint density at radius 1 is 1.20 bits per heavy atom. The molecule has 1 aromatic carbocycles. The minimum absolute atomic E-state index is 0.0468.